The van der Waals surface area contributed by atoms with Crippen LogP contribution >= 0.6 is 0 Å². The van der Waals surface area contributed by atoms with Gasteiger partial charge in [-0.25, -0.2) is 9.13 Å². The average Bonchev–Trinajstić information content (AvgIpc) is 2.72. The molecular weight excluding hydrogens is 214 g/mol. The summed E-state index contributed by atoms with van der Waals surface area (Å²) in [6.45, 7) is 3.81. The zero-order valence-electron chi connectivity index (χ0n) is 10.9. The summed E-state index contributed by atoms with van der Waals surface area (Å²) in [5.41, 5.74) is 0. The second-order valence-electron chi connectivity index (χ2n) is 4.12. The second-order valence-corrected chi connectivity index (χ2v) is 4.12. The van der Waals surface area contributed by atoms with Crippen molar-refractivity contribution in [3.8, 4) is 6.07 Å². The number of nitriles is 1. The van der Waals surface area contributed by atoms with Crippen molar-refractivity contribution in [2.75, 3.05) is 7.11 Å². The summed E-state index contributed by atoms with van der Waals surface area (Å²) in [5, 5.41) is 8.45. The number of hydrogen-bond acceptors (Lipinski definition) is 2. The molecule has 4 nitrogen and oxygen atoms in total. The molecule has 1 rings (SSSR count). The molecular formula is C13H22N3O+. The summed E-state index contributed by atoms with van der Waals surface area (Å²) in [5.74, 6) is 1.30. The maximum absolute atomic E-state index is 8.45. The fourth-order valence-corrected chi connectivity index (χ4v) is 2.03. The summed E-state index contributed by atoms with van der Waals surface area (Å²) in [7, 11) is 1.71. The molecule has 0 atom stereocenters. The van der Waals surface area contributed by atoms with Crippen molar-refractivity contribution >= 4 is 0 Å². The topological polar surface area (TPSA) is 41.8 Å². The molecule has 0 spiro atoms. The molecule has 0 bridgehead atoms. The zero-order valence-corrected chi connectivity index (χ0v) is 10.9. The maximum Gasteiger partial charge on any atom is 0.258 e. The van der Waals surface area contributed by atoms with Crippen molar-refractivity contribution in [1.29, 1.82) is 5.26 Å². The van der Waals surface area contributed by atoms with E-state index in [1.54, 1.807) is 7.11 Å². The van der Waals surface area contributed by atoms with Crippen molar-refractivity contribution < 1.29 is 9.30 Å². The molecule has 0 fully saturated rings. The van der Waals surface area contributed by atoms with Crippen molar-refractivity contribution in [3.63, 3.8) is 0 Å². The lowest BCUT2D eigenvalue weighted by molar-refractivity contribution is -0.737. The van der Waals surface area contributed by atoms with Crippen LogP contribution in [0.1, 0.15) is 38.4 Å². The standard InChI is InChI=1S/C13H22N3O/c1-3-13-15(9-7-5-4-6-8-14)10-11-16(13)12-17-2/h10-11H,3-7,9,12H2,1-2H3/q+1. The van der Waals surface area contributed by atoms with Crippen LogP contribution < -0.4 is 4.57 Å². The number of unbranched alkanes of at least 4 members (excludes halogenated alkanes) is 3. The van der Waals surface area contributed by atoms with Gasteiger partial charge in [-0.3, -0.25) is 0 Å². The van der Waals surface area contributed by atoms with E-state index in [4.69, 9.17) is 10.00 Å². The molecule has 0 N–H and O–H groups in total. The smallest absolute Gasteiger partial charge is 0.258 e. The molecule has 94 valence electrons. The number of aromatic nitrogens is 2. The number of rotatable bonds is 8. The normalized spacial score (nSPS) is 10.4. The number of aryl methyl sites for hydroxylation is 1. The molecule has 0 amide bonds. The molecule has 4 heteroatoms. The van der Waals surface area contributed by atoms with E-state index >= 15 is 0 Å². The second kappa shape index (κ2) is 7.86. The summed E-state index contributed by atoms with van der Waals surface area (Å²) < 4.78 is 9.57. The van der Waals surface area contributed by atoms with Gasteiger partial charge in [0.2, 0.25) is 0 Å². The Hall–Kier alpha value is -1.34. The summed E-state index contributed by atoms with van der Waals surface area (Å²) in [6.07, 6.45) is 9.14. The number of nitrogens with zero attached hydrogens (tertiary/aromatic N) is 3. The Kier molecular flexibility index (Phi) is 6.34. The van der Waals surface area contributed by atoms with Gasteiger partial charge in [-0.15, -0.1) is 0 Å². The van der Waals surface area contributed by atoms with Gasteiger partial charge in [0, 0.05) is 20.0 Å². The molecule has 0 aliphatic rings. The van der Waals surface area contributed by atoms with Crippen LogP contribution in [0.15, 0.2) is 12.4 Å². The van der Waals surface area contributed by atoms with Crippen molar-refractivity contribution in [1.82, 2.24) is 4.57 Å². The van der Waals surface area contributed by atoms with E-state index in [9.17, 15) is 0 Å². The lowest BCUT2D eigenvalue weighted by Gasteiger charge is -2.02. The van der Waals surface area contributed by atoms with Gasteiger partial charge >= 0.3 is 0 Å². The molecule has 1 aromatic heterocycles. The van der Waals surface area contributed by atoms with Crippen LogP contribution in [0.3, 0.4) is 0 Å². The van der Waals surface area contributed by atoms with Gasteiger partial charge in [0.1, 0.15) is 12.4 Å². The SMILES string of the molecule is CCc1n(CCCCCC#N)cc[n+]1COC. The Bertz CT molecular complexity index is 365. The molecule has 0 aromatic carbocycles. The molecule has 0 aliphatic heterocycles. The molecule has 0 unspecified atom stereocenters. The Morgan fingerprint density at radius 1 is 1.41 bits per heavy atom. The predicted octanol–water partition coefficient (Wildman–Crippen LogP) is 2.03. The van der Waals surface area contributed by atoms with Crippen LogP contribution in [0.2, 0.25) is 0 Å². The van der Waals surface area contributed by atoms with E-state index < -0.39 is 0 Å². The van der Waals surface area contributed by atoms with E-state index in [-0.39, 0.29) is 0 Å². The quantitative estimate of drug-likeness (QED) is 0.512. The minimum atomic E-state index is 0.616. The van der Waals surface area contributed by atoms with Crippen LogP contribution in [0, 0.1) is 11.3 Å². The Labute approximate surface area is 103 Å². The van der Waals surface area contributed by atoms with Crippen LogP contribution in [-0.4, -0.2) is 11.7 Å². The molecule has 17 heavy (non-hydrogen) atoms. The number of imidazole rings is 1. The minimum absolute atomic E-state index is 0.616. The van der Waals surface area contributed by atoms with Gasteiger partial charge in [-0.2, -0.15) is 5.26 Å². The Morgan fingerprint density at radius 3 is 2.88 bits per heavy atom. The third kappa shape index (κ3) is 4.20. The summed E-state index contributed by atoms with van der Waals surface area (Å²) in [6, 6.07) is 2.18. The highest BCUT2D eigenvalue weighted by molar-refractivity contribution is 4.82. The van der Waals surface area contributed by atoms with Gasteiger partial charge in [0.15, 0.2) is 6.73 Å². The van der Waals surface area contributed by atoms with Crippen LogP contribution in [0.25, 0.3) is 0 Å². The molecule has 0 saturated carbocycles. The highest BCUT2D eigenvalue weighted by atomic mass is 16.5. The Balaban J connectivity index is 2.45. The van der Waals surface area contributed by atoms with E-state index in [0.717, 1.165) is 32.2 Å². The van der Waals surface area contributed by atoms with Gasteiger partial charge in [0.25, 0.3) is 5.82 Å². The Morgan fingerprint density at radius 2 is 2.24 bits per heavy atom. The monoisotopic (exact) mass is 236 g/mol. The highest BCUT2D eigenvalue weighted by Crippen LogP contribution is 2.04. The van der Waals surface area contributed by atoms with E-state index in [2.05, 4.69) is 34.5 Å². The van der Waals surface area contributed by atoms with E-state index in [1.807, 2.05) is 0 Å². The average molecular weight is 236 g/mol. The van der Waals surface area contributed by atoms with Gasteiger partial charge in [-0.1, -0.05) is 6.92 Å². The van der Waals surface area contributed by atoms with Crippen molar-refractivity contribution in [2.24, 2.45) is 0 Å². The first-order valence-corrected chi connectivity index (χ1v) is 6.26. The lowest BCUT2D eigenvalue weighted by atomic mass is 10.2. The predicted molar refractivity (Wildman–Crippen MR) is 65.1 cm³/mol. The van der Waals surface area contributed by atoms with Crippen molar-refractivity contribution in [3.05, 3.63) is 18.2 Å². The van der Waals surface area contributed by atoms with Gasteiger partial charge in [0.05, 0.1) is 12.6 Å². The number of ether oxygens (including phenoxy) is 1. The number of methoxy groups -OCH3 is 1. The first-order chi connectivity index (χ1) is 8.33. The van der Waals surface area contributed by atoms with Crippen LogP contribution in [0.4, 0.5) is 0 Å². The summed E-state index contributed by atoms with van der Waals surface area (Å²) >= 11 is 0. The van der Waals surface area contributed by atoms with E-state index in [0.29, 0.717) is 13.2 Å². The molecule has 0 aliphatic carbocycles. The highest BCUT2D eigenvalue weighted by Gasteiger charge is 2.13. The first-order valence-electron chi connectivity index (χ1n) is 6.26. The third-order valence-electron chi connectivity index (χ3n) is 2.86. The third-order valence-corrected chi connectivity index (χ3v) is 2.86. The maximum atomic E-state index is 8.45. The molecule has 1 aromatic rings. The van der Waals surface area contributed by atoms with Crippen molar-refractivity contribution in [2.45, 2.75) is 52.3 Å². The molecule has 0 saturated heterocycles. The largest absolute Gasteiger partial charge is 0.345 e. The van der Waals surface area contributed by atoms with Gasteiger partial charge in [-0.05, 0) is 19.3 Å². The lowest BCUT2D eigenvalue weighted by Crippen LogP contribution is -2.37. The number of hydrogen-bond donors (Lipinski definition) is 0. The first kappa shape index (κ1) is 13.7. The van der Waals surface area contributed by atoms with E-state index in [1.165, 1.54) is 5.82 Å². The van der Waals surface area contributed by atoms with Crippen LogP contribution in [-0.2, 0) is 24.4 Å². The molecule has 1 heterocycles. The minimum Gasteiger partial charge on any atom is -0.345 e. The fraction of sp³-hybridized carbons (Fsp3) is 0.692. The van der Waals surface area contributed by atoms with Gasteiger partial charge < -0.3 is 4.74 Å². The summed E-state index contributed by atoms with van der Waals surface area (Å²) in [4.78, 5) is 0. The zero-order chi connectivity index (χ0) is 12.5. The molecule has 0 radical (unpaired) electrons. The van der Waals surface area contributed by atoms with Crippen LogP contribution in [0.5, 0.6) is 0 Å². The fourth-order valence-electron chi connectivity index (χ4n) is 2.03.